The molecule has 0 atom stereocenters. The Morgan fingerprint density at radius 2 is 1.15 bits per heavy atom. The van der Waals surface area contributed by atoms with E-state index in [1.54, 1.807) is 0 Å². The number of hydrogen-bond donors (Lipinski definition) is 0. The van der Waals surface area contributed by atoms with Gasteiger partial charge in [-0.15, -0.1) is 22.7 Å². The van der Waals surface area contributed by atoms with E-state index in [1.165, 1.54) is 42.2 Å². The van der Waals surface area contributed by atoms with Crippen LogP contribution in [0.2, 0.25) is 0 Å². The van der Waals surface area contributed by atoms with Crippen molar-refractivity contribution in [3.8, 4) is 0 Å². The van der Waals surface area contributed by atoms with Crippen LogP contribution in [-0.4, -0.2) is 9.13 Å². The summed E-state index contributed by atoms with van der Waals surface area (Å²) in [4.78, 5) is 0. The van der Waals surface area contributed by atoms with E-state index in [1.807, 2.05) is 22.7 Å². The van der Waals surface area contributed by atoms with Crippen LogP contribution >= 0.6 is 22.7 Å². The maximum atomic E-state index is 2.36. The molecule has 4 aromatic heterocycles. The van der Waals surface area contributed by atoms with Crippen molar-refractivity contribution >= 4 is 64.9 Å². The highest BCUT2D eigenvalue weighted by molar-refractivity contribution is 7.18. The number of hydrogen-bond acceptors (Lipinski definition) is 2. The molecule has 0 radical (unpaired) electrons. The molecule has 5 aromatic rings. The zero-order valence-corrected chi connectivity index (χ0v) is 12.8. The van der Waals surface area contributed by atoms with Gasteiger partial charge in [0.15, 0.2) is 0 Å². The maximum Gasteiger partial charge on any atom is 0.0601 e. The second-order valence-electron chi connectivity index (χ2n) is 5.27. The van der Waals surface area contributed by atoms with Gasteiger partial charge < -0.3 is 9.13 Å². The number of thiophene rings is 2. The largest absolute Gasteiger partial charge is 0.343 e. The van der Waals surface area contributed by atoms with Crippen LogP contribution < -0.4 is 0 Å². The summed E-state index contributed by atoms with van der Waals surface area (Å²) in [5, 5.41) is 7.10. The summed E-state index contributed by atoms with van der Waals surface area (Å²) in [5.41, 5.74) is 5.34. The number of benzene rings is 1. The highest BCUT2D eigenvalue weighted by Gasteiger charge is 2.15. The van der Waals surface area contributed by atoms with Gasteiger partial charge in [-0.05, 0) is 35.0 Å². The lowest BCUT2D eigenvalue weighted by Crippen LogP contribution is -1.87. The molecule has 0 unspecified atom stereocenters. The van der Waals surface area contributed by atoms with E-state index in [4.69, 9.17) is 0 Å². The summed E-state index contributed by atoms with van der Waals surface area (Å²) in [5.74, 6) is 0. The van der Waals surface area contributed by atoms with E-state index < -0.39 is 0 Å². The van der Waals surface area contributed by atoms with Crippen LogP contribution in [0.25, 0.3) is 42.2 Å². The molecule has 5 rings (SSSR count). The summed E-state index contributed by atoms with van der Waals surface area (Å²) >= 11 is 3.67. The summed E-state index contributed by atoms with van der Waals surface area (Å²) in [7, 11) is 4.33. The van der Waals surface area contributed by atoms with Gasteiger partial charge in [-0.2, -0.15) is 0 Å². The molecule has 2 nitrogen and oxygen atoms in total. The van der Waals surface area contributed by atoms with Crippen molar-refractivity contribution in [2.24, 2.45) is 14.1 Å². The predicted molar refractivity (Wildman–Crippen MR) is 90.2 cm³/mol. The molecule has 0 aliphatic heterocycles. The lowest BCUT2D eigenvalue weighted by molar-refractivity contribution is 1.01. The van der Waals surface area contributed by atoms with E-state index in [2.05, 4.69) is 58.3 Å². The molecule has 0 aliphatic carbocycles. The molecule has 0 bridgehead atoms. The van der Waals surface area contributed by atoms with E-state index >= 15 is 0 Å². The van der Waals surface area contributed by atoms with Crippen LogP contribution in [-0.2, 0) is 14.1 Å². The number of rotatable bonds is 0. The molecular weight excluding hydrogens is 284 g/mol. The quantitative estimate of drug-likeness (QED) is 0.376. The van der Waals surface area contributed by atoms with Gasteiger partial charge in [0.05, 0.1) is 31.5 Å². The van der Waals surface area contributed by atoms with Crippen LogP contribution in [0.5, 0.6) is 0 Å². The van der Waals surface area contributed by atoms with Crippen molar-refractivity contribution in [1.82, 2.24) is 9.13 Å². The number of nitrogens with zero attached hydrogens (tertiary/aromatic N) is 2. The Morgan fingerprint density at radius 3 is 1.60 bits per heavy atom. The van der Waals surface area contributed by atoms with Gasteiger partial charge in [0.25, 0.3) is 0 Å². The Labute approximate surface area is 123 Å². The summed E-state index contributed by atoms with van der Waals surface area (Å²) < 4.78 is 7.42. The Hall–Kier alpha value is -1.78. The molecule has 1 aromatic carbocycles. The zero-order valence-electron chi connectivity index (χ0n) is 11.2. The average molecular weight is 296 g/mol. The standard InChI is InChI=1S/C16H12N2S2/c1-17-11-3-5-19-15(11)9-8-14-10(7-13(9)17)16-12(18(14)2)4-6-20-16/h3-8H,1-2H3. The normalized spacial score (nSPS) is 12.5. The fraction of sp³-hybridized carbons (Fsp3) is 0.125. The highest BCUT2D eigenvalue weighted by Crippen LogP contribution is 2.39. The Morgan fingerprint density at radius 1 is 0.700 bits per heavy atom. The summed E-state index contributed by atoms with van der Waals surface area (Å²) in [6, 6.07) is 9.14. The van der Waals surface area contributed by atoms with Gasteiger partial charge in [0.2, 0.25) is 0 Å². The minimum atomic E-state index is 1.33. The lowest BCUT2D eigenvalue weighted by Gasteiger charge is -2.00. The van der Waals surface area contributed by atoms with Gasteiger partial charge in [-0.3, -0.25) is 0 Å². The van der Waals surface area contributed by atoms with Crippen molar-refractivity contribution in [2.45, 2.75) is 0 Å². The molecule has 0 aliphatic rings. The zero-order chi connectivity index (χ0) is 13.4. The van der Waals surface area contributed by atoms with Gasteiger partial charge in [0, 0.05) is 24.9 Å². The van der Waals surface area contributed by atoms with Crippen molar-refractivity contribution < 1.29 is 0 Å². The highest BCUT2D eigenvalue weighted by atomic mass is 32.1. The second-order valence-corrected chi connectivity index (χ2v) is 7.11. The summed E-state index contributed by atoms with van der Waals surface area (Å²) in [6.07, 6.45) is 0. The van der Waals surface area contributed by atoms with Crippen LogP contribution in [0.3, 0.4) is 0 Å². The van der Waals surface area contributed by atoms with Crippen LogP contribution in [0.1, 0.15) is 0 Å². The first-order valence-corrected chi connectivity index (χ1v) is 8.33. The average Bonchev–Trinajstić information content (AvgIpc) is 3.17. The molecule has 4 heterocycles. The fourth-order valence-electron chi connectivity index (χ4n) is 3.29. The lowest BCUT2D eigenvalue weighted by atomic mass is 10.2. The van der Waals surface area contributed by atoms with E-state index in [9.17, 15) is 0 Å². The number of fused-ring (bicyclic) bond motifs is 6. The topological polar surface area (TPSA) is 9.86 Å². The first-order chi connectivity index (χ1) is 9.75. The molecule has 0 amide bonds. The third-order valence-corrected chi connectivity index (χ3v) is 6.21. The third-order valence-electron chi connectivity index (χ3n) is 4.34. The number of aryl methyl sites for hydroxylation is 2. The second kappa shape index (κ2) is 3.45. The molecule has 20 heavy (non-hydrogen) atoms. The van der Waals surface area contributed by atoms with E-state index in [0.29, 0.717) is 0 Å². The SMILES string of the molecule is Cn1c2cc3c4sccc4n(C)c3cc2c2sccc21. The van der Waals surface area contributed by atoms with Crippen molar-refractivity contribution in [1.29, 1.82) is 0 Å². The summed E-state index contributed by atoms with van der Waals surface area (Å²) in [6.45, 7) is 0. The minimum absolute atomic E-state index is 1.33. The van der Waals surface area contributed by atoms with Gasteiger partial charge in [-0.25, -0.2) is 0 Å². The van der Waals surface area contributed by atoms with E-state index in [0.717, 1.165) is 0 Å². The van der Waals surface area contributed by atoms with Crippen molar-refractivity contribution in [3.63, 3.8) is 0 Å². The molecule has 0 saturated carbocycles. The predicted octanol–water partition coefficient (Wildman–Crippen LogP) is 5.10. The maximum absolute atomic E-state index is 2.36. The first-order valence-electron chi connectivity index (χ1n) is 6.57. The first kappa shape index (κ1) is 10.9. The van der Waals surface area contributed by atoms with Crippen LogP contribution in [0, 0.1) is 0 Å². The molecule has 0 saturated heterocycles. The van der Waals surface area contributed by atoms with E-state index in [-0.39, 0.29) is 0 Å². The van der Waals surface area contributed by atoms with Gasteiger partial charge >= 0.3 is 0 Å². The molecular formula is C16H12N2S2. The van der Waals surface area contributed by atoms with Crippen LogP contribution in [0.4, 0.5) is 0 Å². The third kappa shape index (κ3) is 1.11. The number of aromatic nitrogens is 2. The molecule has 98 valence electrons. The molecule has 0 N–H and O–H groups in total. The van der Waals surface area contributed by atoms with Crippen molar-refractivity contribution in [2.75, 3.05) is 0 Å². The minimum Gasteiger partial charge on any atom is -0.343 e. The van der Waals surface area contributed by atoms with Gasteiger partial charge in [-0.1, -0.05) is 0 Å². The molecule has 0 fully saturated rings. The molecule has 4 heteroatoms. The van der Waals surface area contributed by atoms with Crippen LogP contribution in [0.15, 0.2) is 35.0 Å². The van der Waals surface area contributed by atoms with Gasteiger partial charge in [0.1, 0.15) is 0 Å². The fourth-order valence-corrected chi connectivity index (χ4v) is 5.19. The van der Waals surface area contributed by atoms with Crippen molar-refractivity contribution in [3.05, 3.63) is 35.0 Å². The Balaban J connectivity index is 2.13. The Bertz CT molecular complexity index is 1030. The smallest absolute Gasteiger partial charge is 0.0601 e. The monoisotopic (exact) mass is 296 g/mol. The molecule has 0 spiro atoms. The Kier molecular flexibility index (Phi) is 1.89.